The Kier molecular flexibility index (Phi) is 4.43. The Morgan fingerprint density at radius 1 is 1.36 bits per heavy atom. The van der Waals surface area contributed by atoms with Crippen LogP contribution >= 0.6 is 0 Å². The Hall–Kier alpha value is -2.90. The first-order chi connectivity index (χ1) is 11.9. The monoisotopic (exact) mass is 346 g/mol. The van der Waals surface area contributed by atoms with Crippen LogP contribution in [0.15, 0.2) is 27.4 Å². The zero-order valence-electron chi connectivity index (χ0n) is 14.0. The lowest BCUT2D eigenvalue weighted by atomic mass is 10.0. The summed E-state index contributed by atoms with van der Waals surface area (Å²) < 4.78 is 10.3. The van der Waals surface area contributed by atoms with Gasteiger partial charge in [-0.25, -0.2) is 4.79 Å². The summed E-state index contributed by atoms with van der Waals surface area (Å²) in [6.07, 6.45) is 2.80. The molecule has 1 aliphatic rings. The summed E-state index contributed by atoms with van der Waals surface area (Å²) in [6, 6.07) is 3.83. The molecule has 132 valence electrons. The topological polar surface area (TPSA) is 103 Å². The molecule has 1 fully saturated rings. The van der Waals surface area contributed by atoms with Crippen molar-refractivity contribution < 1.29 is 18.9 Å². The van der Waals surface area contributed by atoms with E-state index in [1.807, 2.05) is 6.92 Å². The van der Waals surface area contributed by atoms with E-state index in [0.717, 1.165) is 19.3 Å². The molecule has 0 unspecified atom stereocenters. The third-order valence-electron chi connectivity index (χ3n) is 4.51. The number of rotatable bonds is 3. The van der Waals surface area contributed by atoms with Crippen molar-refractivity contribution in [1.29, 1.82) is 0 Å². The summed E-state index contributed by atoms with van der Waals surface area (Å²) in [7, 11) is 1.33. The molecule has 0 spiro atoms. The number of nitrogens with zero attached hydrogens (tertiary/aromatic N) is 2. The smallest absolute Gasteiger partial charge is 0.349 e. The third-order valence-corrected chi connectivity index (χ3v) is 4.51. The number of ether oxygens (including phenoxy) is 1. The lowest BCUT2D eigenvalue weighted by Crippen LogP contribution is -2.43. The van der Waals surface area contributed by atoms with Gasteiger partial charge in [-0.05, 0) is 32.3 Å². The van der Waals surface area contributed by atoms with Crippen molar-refractivity contribution in [3.8, 4) is 5.75 Å². The maximum atomic E-state index is 12.7. The fourth-order valence-corrected chi connectivity index (χ4v) is 3.15. The zero-order chi connectivity index (χ0) is 18.1. The van der Waals surface area contributed by atoms with Crippen LogP contribution in [0.2, 0.25) is 0 Å². The molecule has 0 N–H and O–H groups in total. The molecule has 1 amide bonds. The molecule has 1 saturated heterocycles. The van der Waals surface area contributed by atoms with Gasteiger partial charge in [0, 0.05) is 24.0 Å². The highest BCUT2D eigenvalue weighted by atomic mass is 16.6. The second-order valence-corrected chi connectivity index (χ2v) is 6.11. The van der Waals surface area contributed by atoms with Gasteiger partial charge >= 0.3 is 5.63 Å². The highest BCUT2D eigenvalue weighted by molar-refractivity contribution is 5.98. The van der Waals surface area contributed by atoms with Crippen molar-refractivity contribution in [2.24, 2.45) is 0 Å². The minimum absolute atomic E-state index is 0.0380. The van der Waals surface area contributed by atoms with E-state index in [9.17, 15) is 19.7 Å². The quantitative estimate of drug-likeness (QED) is 0.481. The number of hydrogen-bond acceptors (Lipinski definition) is 6. The van der Waals surface area contributed by atoms with Gasteiger partial charge in [0.05, 0.1) is 18.1 Å². The van der Waals surface area contributed by atoms with Crippen molar-refractivity contribution in [1.82, 2.24) is 4.90 Å². The molecule has 0 aliphatic carbocycles. The van der Waals surface area contributed by atoms with Crippen molar-refractivity contribution in [2.75, 3.05) is 13.7 Å². The molecule has 0 radical (unpaired) electrons. The minimum atomic E-state index is -0.776. The highest BCUT2D eigenvalue weighted by Crippen LogP contribution is 2.31. The van der Waals surface area contributed by atoms with E-state index in [-0.39, 0.29) is 34.0 Å². The van der Waals surface area contributed by atoms with Crippen molar-refractivity contribution >= 4 is 22.6 Å². The summed E-state index contributed by atoms with van der Waals surface area (Å²) in [4.78, 5) is 37.2. The number of benzene rings is 1. The number of amides is 1. The van der Waals surface area contributed by atoms with E-state index >= 15 is 0 Å². The number of piperidine rings is 1. The fraction of sp³-hybridized carbons (Fsp3) is 0.412. The average molecular weight is 346 g/mol. The summed E-state index contributed by atoms with van der Waals surface area (Å²) in [5.41, 5.74) is -1.02. The van der Waals surface area contributed by atoms with Gasteiger partial charge in [0.25, 0.3) is 11.6 Å². The maximum absolute atomic E-state index is 12.7. The van der Waals surface area contributed by atoms with Gasteiger partial charge in [0.1, 0.15) is 5.56 Å². The van der Waals surface area contributed by atoms with E-state index in [0.29, 0.717) is 6.54 Å². The first kappa shape index (κ1) is 16.9. The van der Waals surface area contributed by atoms with Gasteiger partial charge in [-0.1, -0.05) is 0 Å². The van der Waals surface area contributed by atoms with Crippen LogP contribution in [0.3, 0.4) is 0 Å². The Balaban J connectivity index is 2.13. The fourth-order valence-electron chi connectivity index (χ4n) is 3.15. The Bertz CT molecular complexity index is 904. The zero-order valence-corrected chi connectivity index (χ0v) is 14.0. The molecule has 1 aliphatic heterocycles. The van der Waals surface area contributed by atoms with Crippen LogP contribution in [-0.2, 0) is 0 Å². The van der Waals surface area contributed by atoms with Crippen LogP contribution in [0.25, 0.3) is 11.0 Å². The predicted octanol–water partition coefficient (Wildman–Crippen LogP) is 2.72. The number of hydrogen-bond donors (Lipinski definition) is 0. The van der Waals surface area contributed by atoms with Crippen molar-refractivity contribution in [2.45, 2.75) is 32.2 Å². The number of non-ortho nitro benzene ring substituents is 1. The van der Waals surface area contributed by atoms with Gasteiger partial charge < -0.3 is 14.1 Å². The van der Waals surface area contributed by atoms with Gasteiger partial charge in [0.15, 0.2) is 11.3 Å². The molecule has 1 aromatic carbocycles. The van der Waals surface area contributed by atoms with E-state index in [1.165, 1.54) is 25.3 Å². The second-order valence-electron chi connectivity index (χ2n) is 6.11. The standard InChI is InChI=1S/C17H18N2O6/c1-10-5-3-4-6-18(10)16(20)13-8-11-7-12(19(22)23)9-14(24-2)15(11)25-17(13)21/h7-10H,3-6H2,1-2H3/t10-/m0/s1. The summed E-state index contributed by atoms with van der Waals surface area (Å²) in [6.45, 7) is 2.52. The second kappa shape index (κ2) is 6.54. The first-order valence-electron chi connectivity index (χ1n) is 8.03. The molecule has 25 heavy (non-hydrogen) atoms. The van der Waals surface area contributed by atoms with Crippen LogP contribution in [-0.4, -0.2) is 35.4 Å². The largest absolute Gasteiger partial charge is 0.493 e. The third kappa shape index (κ3) is 3.07. The summed E-state index contributed by atoms with van der Waals surface area (Å²) >= 11 is 0. The first-order valence-corrected chi connectivity index (χ1v) is 8.03. The van der Waals surface area contributed by atoms with Gasteiger partial charge in [-0.2, -0.15) is 0 Å². The van der Waals surface area contributed by atoms with Crippen molar-refractivity contribution in [3.63, 3.8) is 0 Å². The molecular formula is C17H18N2O6. The van der Waals surface area contributed by atoms with Crippen LogP contribution in [0, 0.1) is 10.1 Å². The lowest BCUT2D eigenvalue weighted by Gasteiger charge is -2.33. The number of nitro groups is 1. The van der Waals surface area contributed by atoms with Crippen molar-refractivity contribution in [3.05, 3.63) is 44.3 Å². The van der Waals surface area contributed by atoms with Gasteiger partial charge in [-0.15, -0.1) is 0 Å². The molecule has 1 aromatic heterocycles. The molecule has 0 bridgehead atoms. The molecular weight excluding hydrogens is 328 g/mol. The Labute approximate surface area is 143 Å². The van der Waals surface area contributed by atoms with Crippen LogP contribution in [0.5, 0.6) is 5.75 Å². The maximum Gasteiger partial charge on any atom is 0.349 e. The number of carbonyl (C=O) groups excluding carboxylic acids is 1. The van der Waals surface area contributed by atoms with Crippen LogP contribution in [0.1, 0.15) is 36.5 Å². The van der Waals surface area contributed by atoms with E-state index in [2.05, 4.69) is 0 Å². The van der Waals surface area contributed by atoms with Crippen LogP contribution in [0.4, 0.5) is 5.69 Å². The number of likely N-dealkylation sites (tertiary alicyclic amines) is 1. The minimum Gasteiger partial charge on any atom is -0.493 e. The highest BCUT2D eigenvalue weighted by Gasteiger charge is 2.27. The molecule has 8 nitrogen and oxygen atoms in total. The Morgan fingerprint density at radius 3 is 2.76 bits per heavy atom. The normalized spacial score (nSPS) is 17.5. The molecule has 1 atom stereocenters. The molecule has 2 aromatic rings. The van der Waals surface area contributed by atoms with Crippen LogP contribution < -0.4 is 10.4 Å². The molecule has 2 heterocycles. The number of nitro benzene ring substituents is 1. The van der Waals surface area contributed by atoms with Gasteiger partial charge in [0.2, 0.25) is 0 Å². The van der Waals surface area contributed by atoms with E-state index in [1.54, 1.807) is 4.90 Å². The summed E-state index contributed by atoms with van der Waals surface area (Å²) in [5.74, 6) is -0.333. The number of carbonyl (C=O) groups is 1. The Morgan fingerprint density at radius 2 is 2.12 bits per heavy atom. The average Bonchev–Trinajstić information content (AvgIpc) is 2.60. The van der Waals surface area contributed by atoms with Gasteiger partial charge in [-0.3, -0.25) is 14.9 Å². The molecule has 0 saturated carbocycles. The number of methoxy groups -OCH3 is 1. The molecule has 8 heteroatoms. The van der Waals surface area contributed by atoms with E-state index < -0.39 is 16.5 Å². The number of fused-ring (bicyclic) bond motifs is 1. The lowest BCUT2D eigenvalue weighted by molar-refractivity contribution is -0.384. The SMILES string of the molecule is COc1cc([N+](=O)[O-])cc2cc(C(=O)N3CCCC[C@@H]3C)c(=O)oc12. The summed E-state index contributed by atoms with van der Waals surface area (Å²) in [5, 5.41) is 11.3. The molecule has 3 rings (SSSR count). The van der Waals surface area contributed by atoms with E-state index in [4.69, 9.17) is 9.15 Å². The predicted molar refractivity (Wildman–Crippen MR) is 90.0 cm³/mol.